The molecule has 2 aromatic rings. The smallest absolute Gasteiger partial charge is 0.410 e. The van der Waals surface area contributed by atoms with Crippen molar-refractivity contribution < 1.29 is 23.9 Å². The van der Waals surface area contributed by atoms with E-state index >= 15 is 0 Å². The molecule has 1 aliphatic carbocycles. The van der Waals surface area contributed by atoms with Crippen LogP contribution in [0.15, 0.2) is 48.5 Å². The van der Waals surface area contributed by atoms with Crippen LogP contribution in [-0.2, 0) is 15.9 Å². The number of benzene rings is 2. The van der Waals surface area contributed by atoms with E-state index in [4.69, 9.17) is 9.47 Å². The summed E-state index contributed by atoms with van der Waals surface area (Å²) in [6.07, 6.45) is 8.27. The second-order valence-corrected chi connectivity index (χ2v) is 14.3. The summed E-state index contributed by atoms with van der Waals surface area (Å²) in [5, 5.41) is 0. The third kappa shape index (κ3) is 9.34. The number of carbonyl (C=O) groups excluding carboxylic acids is 3. The quantitative estimate of drug-likeness (QED) is 0.251. The van der Waals surface area contributed by atoms with Crippen LogP contribution in [0.2, 0.25) is 0 Å². The first-order valence-corrected chi connectivity index (χ1v) is 17.5. The number of nitrogens with zero attached hydrogens (tertiary/aromatic N) is 3. The van der Waals surface area contributed by atoms with Crippen molar-refractivity contribution in [3.05, 3.63) is 70.8 Å². The largest absolute Gasteiger partial charge is 0.462 e. The Morgan fingerprint density at radius 2 is 1.52 bits per heavy atom. The van der Waals surface area contributed by atoms with E-state index in [9.17, 15) is 14.4 Å². The minimum absolute atomic E-state index is 0.130. The van der Waals surface area contributed by atoms with Crippen molar-refractivity contribution >= 4 is 18.0 Å². The summed E-state index contributed by atoms with van der Waals surface area (Å²) >= 11 is 0. The van der Waals surface area contributed by atoms with E-state index < -0.39 is 5.60 Å². The van der Waals surface area contributed by atoms with Crippen molar-refractivity contribution in [1.29, 1.82) is 0 Å². The van der Waals surface area contributed by atoms with Crippen LogP contribution in [0.5, 0.6) is 0 Å². The lowest BCUT2D eigenvalue weighted by molar-refractivity contribution is 0.0171. The first-order valence-electron chi connectivity index (χ1n) is 17.5. The maximum absolute atomic E-state index is 13.5. The molecule has 2 aliphatic heterocycles. The number of piperidine rings is 2. The number of hydrogen-bond acceptors (Lipinski definition) is 6. The van der Waals surface area contributed by atoms with Gasteiger partial charge in [-0.15, -0.1) is 0 Å². The molecule has 8 heteroatoms. The van der Waals surface area contributed by atoms with Gasteiger partial charge in [-0.3, -0.25) is 4.79 Å². The third-order valence-electron chi connectivity index (χ3n) is 9.58. The van der Waals surface area contributed by atoms with E-state index in [0.29, 0.717) is 18.1 Å². The van der Waals surface area contributed by atoms with Crippen LogP contribution in [0.4, 0.5) is 4.79 Å². The van der Waals surface area contributed by atoms with Gasteiger partial charge in [-0.2, -0.15) is 0 Å². The normalized spacial score (nSPS) is 20.7. The minimum atomic E-state index is -0.543. The average Bonchev–Trinajstić information content (AvgIpc) is 3.85. The molecular weight excluding hydrogens is 578 g/mol. The van der Waals surface area contributed by atoms with E-state index in [1.165, 1.54) is 17.5 Å². The number of esters is 1. The fraction of sp³-hybridized carbons (Fsp3) is 0.605. The fourth-order valence-electron chi connectivity index (χ4n) is 6.90. The molecule has 0 spiro atoms. The summed E-state index contributed by atoms with van der Waals surface area (Å²) in [7, 11) is 0. The lowest BCUT2D eigenvalue weighted by Crippen LogP contribution is -2.44. The summed E-state index contributed by atoms with van der Waals surface area (Å²) < 4.78 is 11.0. The molecule has 3 fully saturated rings. The highest BCUT2D eigenvalue weighted by atomic mass is 16.6. The number of amides is 2. The fourth-order valence-corrected chi connectivity index (χ4v) is 6.90. The van der Waals surface area contributed by atoms with E-state index in [-0.39, 0.29) is 29.9 Å². The zero-order valence-corrected chi connectivity index (χ0v) is 28.3. The zero-order chi connectivity index (χ0) is 32.7. The molecule has 0 N–H and O–H groups in total. The molecule has 8 nitrogen and oxygen atoms in total. The maximum atomic E-state index is 13.5. The Kier molecular flexibility index (Phi) is 11.4. The van der Waals surface area contributed by atoms with E-state index in [2.05, 4.69) is 17.0 Å². The zero-order valence-electron chi connectivity index (χ0n) is 28.3. The molecule has 2 unspecified atom stereocenters. The topological polar surface area (TPSA) is 79.4 Å². The Bertz CT molecular complexity index is 1310. The van der Waals surface area contributed by atoms with Crippen molar-refractivity contribution in [1.82, 2.24) is 14.7 Å². The number of likely N-dealkylation sites (tertiary alicyclic amines) is 2. The summed E-state index contributed by atoms with van der Waals surface area (Å²) in [5.41, 5.74) is 3.24. The van der Waals surface area contributed by atoms with E-state index in [1.807, 2.05) is 73.9 Å². The van der Waals surface area contributed by atoms with Crippen LogP contribution in [-0.4, -0.2) is 90.2 Å². The predicted octanol–water partition coefficient (Wildman–Crippen LogP) is 6.93. The maximum Gasteiger partial charge on any atom is 0.410 e. The summed E-state index contributed by atoms with van der Waals surface area (Å²) in [5.74, 6) is 0.586. The van der Waals surface area contributed by atoms with Crippen molar-refractivity contribution in [3.8, 4) is 0 Å². The summed E-state index contributed by atoms with van der Waals surface area (Å²) in [6.45, 7) is 13.5. The van der Waals surface area contributed by atoms with Crippen LogP contribution in [0.25, 0.3) is 0 Å². The molecule has 0 aromatic heterocycles. The van der Waals surface area contributed by atoms with Crippen LogP contribution in [0.3, 0.4) is 0 Å². The van der Waals surface area contributed by atoms with Gasteiger partial charge in [0.25, 0.3) is 5.91 Å². The van der Waals surface area contributed by atoms with Gasteiger partial charge in [0.05, 0.1) is 12.2 Å². The Hall–Kier alpha value is -3.39. The Morgan fingerprint density at radius 1 is 0.870 bits per heavy atom. The number of carbonyl (C=O) groups is 3. The van der Waals surface area contributed by atoms with Crippen molar-refractivity contribution in [2.45, 2.75) is 96.6 Å². The van der Waals surface area contributed by atoms with Gasteiger partial charge < -0.3 is 24.2 Å². The van der Waals surface area contributed by atoms with Crippen molar-refractivity contribution in [3.63, 3.8) is 0 Å². The van der Waals surface area contributed by atoms with Crippen molar-refractivity contribution in [2.24, 2.45) is 5.92 Å². The van der Waals surface area contributed by atoms with Crippen LogP contribution in [0, 0.1) is 5.92 Å². The van der Waals surface area contributed by atoms with Crippen LogP contribution >= 0.6 is 0 Å². The highest BCUT2D eigenvalue weighted by Gasteiger charge is 2.46. The van der Waals surface area contributed by atoms with Gasteiger partial charge >= 0.3 is 12.1 Å². The molecule has 2 heterocycles. The van der Waals surface area contributed by atoms with Gasteiger partial charge in [0.1, 0.15) is 5.60 Å². The standard InChI is InChI=1S/C38H53N3O5/c1-5-45-36(43)32-13-11-28(12-14-32)10-9-21-39-24-19-29(20-25-39)27-41(37(44)46-38(2,3)4)34-26-33(34)30-15-17-31(18-16-30)35(42)40-22-7-6-8-23-40/h11-18,29,33-34H,5-10,19-27H2,1-4H3. The van der Waals surface area contributed by atoms with E-state index in [1.54, 1.807) is 0 Å². The third-order valence-corrected chi connectivity index (χ3v) is 9.58. The molecule has 5 rings (SSSR count). The number of rotatable bonds is 11. The van der Waals surface area contributed by atoms with Crippen molar-refractivity contribution in [2.75, 3.05) is 45.9 Å². The van der Waals surface area contributed by atoms with E-state index in [0.717, 1.165) is 89.8 Å². The lowest BCUT2D eigenvalue weighted by atomic mass is 9.95. The molecule has 0 bridgehead atoms. The highest BCUT2D eigenvalue weighted by molar-refractivity contribution is 5.94. The molecule has 2 aromatic carbocycles. The Labute approximate surface area is 275 Å². The van der Waals surface area contributed by atoms with Gasteiger partial charge in [0.15, 0.2) is 0 Å². The van der Waals surface area contributed by atoms with Gasteiger partial charge in [-0.05, 0) is 140 Å². The number of ether oxygens (including phenoxy) is 2. The first kappa shape index (κ1) is 34.0. The average molecular weight is 632 g/mol. The molecule has 1 saturated carbocycles. The monoisotopic (exact) mass is 631 g/mol. The first-order chi connectivity index (χ1) is 22.1. The predicted molar refractivity (Wildman–Crippen MR) is 180 cm³/mol. The highest BCUT2D eigenvalue weighted by Crippen LogP contribution is 2.46. The number of hydrogen-bond donors (Lipinski definition) is 0. The summed E-state index contributed by atoms with van der Waals surface area (Å²) in [6, 6.07) is 16.0. The van der Waals surface area contributed by atoms with Gasteiger partial charge in [0, 0.05) is 37.2 Å². The molecule has 250 valence electrons. The Balaban J connectivity index is 1.11. The molecular formula is C38H53N3O5. The van der Waals surface area contributed by atoms with Gasteiger partial charge in [0.2, 0.25) is 0 Å². The lowest BCUT2D eigenvalue weighted by Gasteiger charge is -2.36. The van der Waals surface area contributed by atoms with Crippen LogP contribution < -0.4 is 0 Å². The second kappa shape index (κ2) is 15.5. The molecule has 2 saturated heterocycles. The molecule has 3 aliphatic rings. The van der Waals surface area contributed by atoms with Gasteiger partial charge in [-0.25, -0.2) is 9.59 Å². The second-order valence-electron chi connectivity index (χ2n) is 14.3. The molecule has 46 heavy (non-hydrogen) atoms. The SMILES string of the molecule is CCOC(=O)c1ccc(CCCN2CCC(CN(C(=O)OC(C)(C)C)C3CC3c3ccc(C(=O)N4CCCCC4)cc3)CC2)cc1. The molecule has 0 radical (unpaired) electrons. The van der Waals surface area contributed by atoms with Crippen LogP contribution in [0.1, 0.15) is 110 Å². The Morgan fingerprint density at radius 3 is 2.15 bits per heavy atom. The minimum Gasteiger partial charge on any atom is -0.462 e. The molecule has 2 atom stereocenters. The summed E-state index contributed by atoms with van der Waals surface area (Å²) in [4.78, 5) is 44.8. The van der Waals surface area contributed by atoms with Gasteiger partial charge in [-0.1, -0.05) is 24.3 Å². The molecule has 2 amide bonds. The number of aryl methyl sites for hydroxylation is 1.